The number of nitrogens with one attached hydrogen (secondary N) is 1. The van der Waals surface area contributed by atoms with Crippen LogP contribution in [-0.2, 0) is 13.5 Å². The second-order valence-electron chi connectivity index (χ2n) is 7.93. The molecule has 0 radical (unpaired) electrons. The Morgan fingerprint density at radius 1 is 1.14 bits per heavy atom. The van der Waals surface area contributed by atoms with E-state index in [4.69, 9.17) is 28.2 Å². The molecule has 0 unspecified atom stereocenters. The van der Waals surface area contributed by atoms with Gasteiger partial charge >= 0.3 is 0 Å². The summed E-state index contributed by atoms with van der Waals surface area (Å²) in [5.41, 5.74) is 2.70. The SMILES string of the molecule is Cn1c(CCC2CCC(NC(=O)c3cc(Cl)ccc3Cl)CC2)nc2ccccc21. The maximum absolute atomic E-state index is 12.5. The first-order valence-corrected chi connectivity index (χ1v) is 10.9. The van der Waals surface area contributed by atoms with Gasteiger partial charge in [-0.25, -0.2) is 4.98 Å². The molecule has 29 heavy (non-hydrogen) atoms. The second kappa shape index (κ2) is 8.76. The summed E-state index contributed by atoms with van der Waals surface area (Å²) in [6, 6.07) is 13.5. The van der Waals surface area contributed by atoms with E-state index in [2.05, 4.69) is 35.1 Å². The molecule has 1 N–H and O–H groups in total. The first-order valence-electron chi connectivity index (χ1n) is 10.2. The molecule has 1 saturated carbocycles. The normalized spacial score (nSPS) is 19.4. The van der Waals surface area contributed by atoms with Gasteiger partial charge < -0.3 is 9.88 Å². The van der Waals surface area contributed by atoms with Crippen LogP contribution in [0.4, 0.5) is 0 Å². The van der Waals surface area contributed by atoms with Crippen molar-refractivity contribution in [2.24, 2.45) is 13.0 Å². The van der Waals surface area contributed by atoms with Gasteiger partial charge in [0.25, 0.3) is 5.91 Å². The van der Waals surface area contributed by atoms with Crippen molar-refractivity contribution in [3.63, 3.8) is 0 Å². The number of carbonyl (C=O) groups excluding carboxylic acids is 1. The highest BCUT2D eigenvalue weighted by atomic mass is 35.5. The molecule has 1 fully saturated rings. The quantitative estimate of drug-likeness (QED) is 0.556. The maximum atomic E-state index is 12.5. The number of carbonyl (C=O) groups is 1. The van der Waals surface area contributed by atoms with Crippen LogP contribution in [0.3, 0.4) is 0 Å². The summed E-state index contributed by atoms with van der Waals surface area (Å²) in [7, 11) is 2.10. The van der Waals surface area contributed by atoms with E-state index in [1.54, 1.807) is 18.2 Å². The average Bonchev–Trinajstić information content (AvgIpc) is 3.05. The smallest absolute Gasteiger partial charge is 0.253 e. The molecule has 4 rings (SSSR count). The molecule has 4 nitrogen and oxygen atoms in total. The third-order valence-corrected chi connectivity index (χ3v) is 6.58. The molecule has 6 heteroatoms. The third-order valence-electron chi connectivity index (χ3n) is 6.01. The molecule has 0 saturated heterocycles. The number of halogens is 2. The van der Waals surface area contributed by atoms with Gasteiger partial charge in [-0.15, -0.1) is 0 Å². The summed E-state index contributed by atoms with van der Waals surface area (Å²) >= 11 is 12.1. The summed E-state index contributed by atoms with van der Waals surface area (Å²) in [5.74, 6) is 1.69. The predicted molar refractivity (Wildman–Crippen MR) is 119 cm³/mol. The van der Waals surface area contributed by atoms with Gasteiger partial charge in [0, 0.05) is 24.5 Å². The van der Waals surface area contributed by atoms with Crippen molar-refractivity contribution in [2.45, 2.75) is 44.6 Å². The van der Waals surface area contributed by atoms with E-state index in [9.17, 15) is 4.79 Å². The molecule has 152 valence electrons. The van der Waals surface area contributed by atoms with Crippen LogP contribution < -0.4 is 5.32 Å². The number of imidazole rings is 1. The van der Waals surface area contributed by atoms with Gasteiger partial charge in [-0.1, -0.05) is 35.3 Å². The van der Waals surface area contributed by atoms with E-state index >= 15 is 0 Å². The fraction of sp³-hybridized carbons (Fsp3) is 0.391. The fourth-order valence-electron chi connectivity index (χ4n) is 4.28. The van der Waals surface area contributed by atoms with Crippen molar-refractivity contribution in [1.82, 2.24) is 14.9 Å². The van der Waals surface area contributed by atoms with Crippen molar-refractivity contribution in [3.8, 4) is 0 Å². The highest BCUT2D eigenvalue weighted by molar-refractivity contribution is 6.35. The van der Waals surface area contributed by atoms with Gasteiger partial charge in [0.15, 0.2) is 0 Å². The molecule has 3 aromatic rings. The van der Waals surface area contributed by atoms with Crippen LogP contribution in [0.2, 0.25) is 10.0 Å². The summed E-state index contributed by atoms with van der Waals surface area (Å²) < 4.78 is 2.20. The molecule has 1 aromatic heterocycles. The number of benzene rings is 2. The van der Waals surface area contributed by atoms with E-state index in [1.807, 2.05) is 6.07 Å². The van der Waals surface area contributed by atoms with Gasteiger partial charge in [0.1, 0.15) is 5.82 Å². The summed E-state index contributed by atoms with van der Waals surface area (Å²) in [5, 5.41) is 4.08. The maximum Gasteiger partial charge on any atom is 0.253 e. The van der Waals surface area contributed by atoms with Crippen LogP contribution >= 0.6 is 23.2 Å². The molecule has 1 aliphatic rings. The Hall–Kier alpha value is -2.04. The number of aryl methyl sites for hydroxylation is 2. The summed E-state index contributed by atoms with van der Waals surface area (Å²) in [4.78, 5) is 17.3. The Labute approximate surface area is 181 Å². The zero-order valence-electron chi connectivity index (χ0n) is 16.5. The highest BCUT2D eigenvalue weighted by Crippen LogP contribution is 2.29. The Morgan fingerprint density at radius 2 is 1.90 bits per heavy atom. The number of fused-ring (bicyclic) bond motifs is 1. The second-order valence-corrected chi connectivity index (χ2v) is 8.77. The van der Waals surface area contributed by atoms with Crippen molar-refractivity contribution < 1.29 is 4.79 Å². The van der Waals surface area contributed by atoms with Gasteiger partial charge in [-0.05, 0) is 68.4 Å². The number of para-hydroxylation sites is 2. The number of nitrogens with zero attached hydrogens (tertiary/aromatic N) is 2. The zero-order chi connectivity index (χ0) is 20.4. The largest absolute Gasteiger partial charge is 0.349 e. The Balaban J connectivity index is 1.28. The lowest BCUT2D eigenvalue weighted by Crippen LogP contribution is -2.37. The van der Waals surface area contributed by atoms with Crippen LogP contribution in [-0.4, -0.2) is 21.5 Å². The molecule has 1 heterocycles. The standard InChI is InChI=1S/C23H25Cl2N3O/c1-28-21-5-3-2-4-20(21)27-22(28)13-8-15-6-10-17(11-7-15)26-23(29)18-14-16(24)9-12-19(18)25/h2-5,9,12,14-15,17H,6-8,10-11,13H2,1H3,(H,26,29). The molecule has 0 spiro atoms. The molecule has 1 amide bonds. The minimum Gasteiger partial charge on any atom is -0.349 e. The van der Waals surface area contributed by atoms with E-state index in [1.165, 1.54) is 5.52 Å². The predicted octanol–water partition coefficient (Wildman–Crippen LogP) is 5.80. The van der Waals surface area contributed by atoms with E-state index in [0.717, 1.165) is 49.9 Å². The number of rotatable bonds is 5. The van der Waals surface area contributed by atoms with Crippen molar-refractivity contribution in [1.29, 1.82) is 0 Å². The monoisotopic (exact) mass is 429 g/mol. The number of amides is 1. The average molecular weight is 430 g/mol. The molecule has 0 aliphatic heterocycles. The van der Waals surface area contributed by atoms with Gasteiger partial charge in [-0.2, -0.15) is 0 Å². The van der Waals surface area contributed by atoms with Crippen molar-refractivity contribution >= 4 is 40.1 Å². The van der Waals surface area contributed by atoms with E-state index in [0.29, 0.717) is 21.5 Å². The topological polar surface area (TPSA) is 46.9 Å². The summed E-state index contributed by atoms with van der Waals surface area (Å²) in [6.45, 7) is 0. The first kappa shape index (κ1) is 20.2. The van der Waals surface area contributed by atoms with Gasteiger partial charge in [-0.3, -0.25) is 4.79 Å². The first-order chi connectivity index (χ1) is 14.0. The Bertz CT molecular complexity index is 1020. The van der Waals surface area contributed by atoms with Gasteiger partial charge in [0.2, 0.25) is 0 Å². The molecule has 1 aliphatic carbocycles. The Kier molecular flexibility index (Phi) is 6.12. The zero-order valence-corrected chi connectivity index (χ0v) is 18.0. The number of aromatic nitrogens is 2. The molecule has 0 bridgehead atoms. The number of hydrogen-bond donors (Lipinski definition) is 1. The molecular weight excluding hydrogens is 405 g/mol. The van der Waals surface area contributed by atoms with E-state index in [-0.39, 0.29) is 11.9 Å². The fourth-order valence-corrected chi connectivity index (χ4v) is 4.66. The minimum absolute atomic E-state index is 0.138. The lowest BCUT2D eigenvalue weighted by atomic mass is 9.83. The minimum atomic E-state index is -0.138. The highest BCUT2D eigenvalue weighted by Gasteiger charge is 2.24. The lowest BCUT2D eigenvalue weighted by Gasteiger charge is -2.29. The molecule has 2 aromatic carbocycles. The van der Waals surface area contributed by atoms with Crippen LogP contribution in [0, 0.1) is 5.92 Å². The van der Waals surface area contributed by atoms with Crippen molar-refractivity contribution in [3.05, 3.63) is 63.9 Å². The van der Waals surface area contributed by atoms with Crippen LogP contribution in [0.25, 0.3) is 11.0 Å². The summed E-state index contributed by atoms with van der Waals surface area (Å²) in [6.07, 6.45) is 6.37. The van der Waals surface area contributed by atoms with E-state index < -0.39 is 0 Å². The van der Waals surface area contributed by atoms with Crippen LogP contribution in [0.1, 0.15) is 48.3 Å². The number of hydrogen-bond acceptors (Lipinski definition) is 2. The molecular formula is C23H25Cl2N3O. The van der Waals surface area contributed by atoms with Gasteiger partial charge in [0.05, 0.1) is 21.6 Å². The third kappa shape index (κ3) is 4.59. The van der Waals surface area contributed by atoms with Crippen LogP contribution in [0.5, 0.6) is 0 Å². The van der Waals surface area contributed by atoms with Crippen molar-refractivity contribution in [2.75, 3.05) is 0 Å². The van der Waals surface area contributed by atoms with Crippen LogP contribution in [0.15, 0.2) is 42.5 Å². The lowest BCUT2D eigenvalue weighted by molar-refractivity contribution is 0.0921. The molecule has 0 atom stereocenters. The Morgan fingerprint density at radius 3 is 2.66 bits per heavy atom.